The van der Waals surface area contributed by atoms with Crippen molar-refractivity contribution < 1.29 is 24.2 Å². The lowest BCUT2D eigenvalue weighted by Gasteiger charge is -2.19. The Hall–Kier alpha value is -3.01. The van der Waals surface area contributed by atoms with Crippen molar-refractivity contribution in [2.24, 2.45) is 5.41 Å². The van der Waals surface area contributed by atoms with Crippen molar-refractivity contribution in [2.75, 3.05) is 19.0 Å². The number of rotatable bonds is 2. The molecule has 0 saturated carbocycles. The number of carboxylic acid groups (broad SMARTS) is 1. The quantitative estimate of drug-likeness (QED) is 0.615. The molecule has 0 aliphatic carbocycles. The van der Waals surface area contributed by atoms with E-state index in [1.807, 2.05) is 0 Å². The summed E-state index contributed by atoms with van der Waals surface area (Å²) in [5.41, 5.74) is 0.215. The molecule has 1 aromatic rings. The van der Waals surface area contributed by atoms with E-state index < -0.39 is 23.5 Å². The number of amides is 2. The molecule has 27 heavy (non-hydrogen) atoms. The van der Waals surface area contributed by atoms with Gasteiger partial charge in [0.25, 0.3) is 0 Å². The Morgan fingerprint density at radius 3 is 2.59 bits per heavy atom. The summed E-state index contributed by atoms with van der Waals surface area (Å²) in [6, 6.07) is 4.52. The maximum absolute atomic E-state index is 12.3. The molecule has 7 heteroatoms. The van der Waals surface area contributed by atoms with E-state index in [1.54, 1.807) is 39.0 Å². The largest absolute Gasteiger partial charge is 0.465 e. The number of nitrogens with zero attached hydrogens (tertiary/aromatic N) is 1. The van der Waals surface area contributed by atoms with Crippen LogP contribution in [0.1, 0.15) is 49.5 Å². The van der Waals surface area contributed by atoms with E-state index in [0.717, 1.165) is 6.42 Å². The van der Waals surface area contributed by atoms with Crippen molar-refractivity contribution in [2.45, 2.75) is 39.7 Å². The zero-order chi connectivity index (χ0) is 20.2. The molecule has 1 aromatic carbocycles. The van der Waals surface area contributed by atoms with Gasteiger partial charge in [0.1, 0.15) is 0 Å². The number of carbonyl (C=O) groups excluding carboxylic acids is 2. The third-order valence-electron chi connectivity index (χ3n) is 4.26. The summed E-state index contributed by atoms with van der Waals surface area (Å²) in [5.74, 6) is 4.97. The van der Waals surface area contributed by atoms with E-state index in [4.69, 9.17) is 4.74 Å². The molecule has 0 spiro atoms. The first-order valence-corrected chi connectivity index (χ1v) is 8.69. The first-order valence-electron chi connectivity index (χ1n) is 8.69. The zero-order valence-electron chi connectivity index (χ0n) is 16.0. The van der Waals surface area contributed by atoms with Gasteiger partial charge >= 0.3 is 12.1 Å². The average Bonchev–Trinajstić information content (AvgIpc) is 3.07. The van der Waals surface area contributed by atoms with Gasteiger partial charge in [0.2, 0.25) is 5.91 Å². The third-order valence-corrected chi connectivity index (χ3v) is 4.26. The number of likely N-dealkylation sites (tertiary alicyclic amines) is 1. The highest BCUT2D eigenvalue weighted by Crippen LogP contribution is 2.24. The van der Waals surface area contributed by atoms with Crippen LogP contribution in [-0.2, 0) is 9.53 Å². The zero-order valence-corrected chi connectivity index (χ0v) is 16.0. The lowest BCUT2D eigenvalue weighted by Crippen LogP contribution is -2.33. The first kappa shape index (κ1) is 20.3. The molecule has 1 saturated heterocycles. The monoisotopic (exact) mass is 372 g/mol. The number of hydrogen-bond acceptors (Lipinski definition) is 4. The van der Waals surface area contributed by atoms with Gasteiger partial charge in [-0.2, -0.15) is 0 Å². The fourth-order valence-electron chi connectivity index (χ4n) is 2.70. The smallest absolute Gasteiger partial charge is 0.408 e. The summed E-state index contributed by atoms with van der Waals surface area (Å²) >= 11 is 0. The number of nitrogens with one attached hydrogen (secondary N) is 1. The van der Waals surface area contributed by atoms with E-state index >= 15 is 0 Å². The molecule has 0 bridgehead atoms. The summed E-state index contributed by atoms with van der Waals surface area (Å²) in [6.07, 6.45) is 0.385. The SMILES string of the molecule is COC(=O)c1c(C#CC2CCCN2C(=O)O)cccc1NC(=O)C(C)(C)C. The van der Waals surface area contributed by atoms with Gasteiger partial charge in [-0.25, -0.2) is 9.59 Å². The summed E-state index contributed by atoms with van der Waals surface area (Å²) in [4.78, 5) is 37.2. The summed E-state index contributed by atoms with van der Waals surface area (Å²) in [5, 5.41) is 12.0. The van der Waals surface area contributed by atoms with Gasteiger partial charge in [-0.1, -0.05) is 38.7 Å². The second-order valence-corrected chi connectivity index (χ2v) is 7.33. The molecular formula is C20H24N2O5. The van der Waals surface area contributed by atoms with Gasteiger partial charge < -0.3 is 15.2 Å². The number of hydrogen-bond donors (Lipinski definition) is 2. The van der Waals surface area contributed by atoms with Crippen molar-refractivity contribution >= 4 is 23.7 Å². The minimum absolute atomic E-state index is 0.157. The van der Waals surface area contributed by atoms with Gasteiger partial charge in [-0.05, 0) is 25.0 Å². The van der Waals surface area contributed by atoms with Gasteiger partial charge in [0.15, 0.2) is 0 Å². The number of carbonyl (C=O) groups is 3. The molecule has 0 radical (unpaired) electrons. The minimum atomic E-state index is -1.01. The Bertz CT molecular complexity index is 814. The topological polar surface area (TPSA) is 95.9 Å². The molecule has 1 aliphatic rings. The van der Waals surface area contributed by atoms with Crippen molar-refractivity contribution in [3.63, 3.8) is 0 Å². The molecule has 1 fully saturated rings. The second-order valence-electron chi connectivity index (χ2n) is 7.33. The summed E-state index contributed by atoms with van der Waals surface area (Å²) in [6.45, 7) is 5.75. The van der Waals surface area contributed by atoms with Crippen LogP contribution in [0.4, 0.5) is 10.5 Å². The molecule has 1 atom stereocenters. The Labute approximate surface area is 158 Å². The van der Waals surface area contributed by atoms with Crippen molar-refractivity contribution in [1.29, 1.82) is 0 Å². The lowest BCUT2D eigenvalue weighted by atomic mass is 9.95. The van der Waals surface area contributed by atoms with E-state index in [1.165, 1.54) is 12.0 Å². The Balaban J connectivity index is 2.41. The standard InChI is InChI=1S/C20H24N2O5/c1-20(2,3)18(24)21-15-9-5-7-13(16(15)17(23)27-4)10-11-14-8-6-12-22(14)19(25)26/h5,7,9,14H,6,8,12H2,1-4H3,(H,21,24)(H,25,26). The molecule has 1 unspecified atom stereocenters. The second kappa shape index (κ2) is 8.12. The van der Waals surface area contributed by atoms with Crippen LogP contribution < -0.4 is 5.32 Å². The number of benzene rings is 1. The van der Waals surface area contributed by atoms with Crippen molar-refractivity contribution in [1.82, 2.24) is 4.90 Å². The van der Waals surface area contributed by atoms with Crippen LogP contribution in [0.2, 0.25) is 0 Å². The van der Waals surface area contributed by atoms with Crippen LogP contribution in [0.15, 0.2) is 18.2 Å². The van der Waals surface area contributed by atoms with Crippen LogP contribution in [0.5, 0.6) is 0 Å². The maximum atomic E-state index is 12.3. The average molecular weight is 372 g/mol. The van der Waals surface area contributed by atoms with Gasteiger partial charge in [-0.15, -0.1) is 0 Å². The summed E-state index contributed by atoms with van der Waals surface area (Å²) < 4.78 is 4.85. The number of ether oxygens (including phenoxy) is 1. The molecule has 2 amide bonds. The van der Waals surface area contributed by atoms with Gasteiger partial charge in [0, 0.05) is 17.5 Å². The first-order chi connectivity index (χ1) is 12.6. The highest BCUT2D eigenvalue weighted by Gasteiger charge is 2.27. The van der Waals surface area contributed by atoms with E-state index in [-0.39, 0.29) is 11.5 Å². The number of esters is 1. The van der Waals surface area contributed by atoms with E-state index in [2.05, 4.69) is 17.2 Å². The predicted octanol–water partition coefficient (Wildman–Crippen LogP) is 2.95. The molecule has 2 N–H and O–H groups in total. The maximum Gasteiger partial charge on any atom is 0.408 e. The third kappa shape index (κ3) is 4.79. The Morgan fingerprint density at radius 1 is 1.30 bits per heavy atom. The lowest BCUT2D eigenvalue weighted by molar-refractivity contribution is -0.123. The predicted molar refractivity (Wildman–Crippen MR) is 100 cm³/mol. The highest BCUT2D eigenvalue weighted by atomic mass is 16.5. The van der Waals surface area contributed by atoms with Crippen LogP contribution in [0.3, 0.4) is 0 Å². The van der Waals surface area contributed by atoms with Crippen LogP contribution in [-0.4, -0.2) is 47.7 Å². The van der Waals surface area contributed by atoms with Crippen molar-refractivity contribution in [3.05, 3.63) is 29.3 Å². The van der Waals surface area contributed by atoms with Crippen LogP contribution >= 0.6 is 0 Å². The summed E-state index contributed by atoms with van der Waals surface area (Å²) in [7, 11) is 1.25. The van der Waals surface area contributed by atoms with Gasteiger partial charge in [-0.3, -0.25) is 9.69 Å². The Morgan fingerprint density at radius 2 is 2.00 bits per heavy atom. The van der Waals surface area contributed by atoms with Crippen LogP contribution in [0.25, 0.3) is 0 Å². The van der Waals surface area contributed by atoms with E-state index in [9.17, 15) is 19.5 Å². The number of anilines is 1. The minimum Gasteiger partial charge on any atom is -0.465 e. The molecule has 0 aromatic heterocycles. The van der Waals surface area contributed by atoms with Crippen molar-refractivity contribution in [3.8, 4) is 11.8 Å². The molecule has 7 nitrogen and oxygen atoms in total. The van der Waals surface area contributed by atoms with E-state index in [0.29, 0.717) is 24.2 Å². The normalized spacial score (nSPS) is 16.3. The highest BCUT2D eigenvalue weighted by molar-refractivity contribution is 6.04. The fraction of sp³-hybridized carbons (Fsp3) is 0.450. The fourth-order valence-corrected chi connectivity index (χ4v) is 2.70. The molecule has 1 aliphatic heterocycles. The number of methoxy groups -OCH3 is 1. The molecule has 144 valence electrons. The van der Waals surface area contributed by atoms with Crippen LogP contribution in [0, 0.1) is 17.3 Å². The van der Waals surface area contributed by atoms with Gasteiger partial charge in [0.05, 0.1) is 24.4 Å². The molecule has 1 heterocycles. The molecule has 2 rings (SSSR count). The Kier molecular flexibility index (Phi) is 6.11. The molecular weight excluding hydrogens is 348 g/mol.